The summed E-state index contributed by atoms with van der Waals surface area (Å²) in [4.78, 5) is 37.4. The molecule has 2 aromatic rings. The minimum absolute atomic E-state index is 0.291. The van der Waals surface area contributed by atoms with E-state index in [1.165, 1.54) is 4.90 Å². The summed E-state index contributed by atoms with van der Waals surface area (Å²) in [5.74, 6) is -0.833. The highest BCUT2D eigenvalue weighted by atomic mass is 32.2. The highest BCUT2D eigenvalue weighted by Gasteiger charge is 2.36. The number of thioether (sulfide) groups is 1. The van der Waals surface area contributed by atoms with Gasteiger partial charge >= 0.3 is 5.97 Å². The number of aliphatic carboxylic acids is 1. The zero-order valence-corrected chi connectivity index (χ0v) is 16.7. The van der Waals surface area contributed by atoms with E-state index in [2.05, 4.69) is 0 Å². The van der Waals surface area contributed by atoms with Crippen molar-refractivity contribution in [3.05, 3.63) is 58.5 Å². The van der Waals surface area contributed by atoms with Gasteiger partial charge in [0.05, 0.1) is 17.2 Å². The van der Waals surface area contributed by atoms with Gasteiger partial charge in [-0.1, -0.05) is 24.3 Å². The Morgan fingerprint density at radius 3 is 2.59 bits per heavy atom. The fourth-order valence-corrected chi connectivity index (χ4v) is 3.62. The molecule has 0 aliphatic carbocycles. The van der Waals surface area contributed by atoms with Crippen LogP contribution < -0.4 is 14.4 Å². The number of carbonyl (C=O) groups is 3. The summed E-state index contributed by atoms with van der Waals surface area (Å²) in [7, 11) is 0. The summed E-state index contributed by atoms with van der Waals surface area (Å²) in [6.07, 6.45) is 1.60. The third-order valence-corrected chi connectivity index (χ3v) is 4.94. The summed E-state index contributed by atoms with van der Waals surface area (Å²) in [5.41, 5.74) is 2.02. The first kappa shape index (κ1) is 20.5. The predicted molar refractivity (Wildman–Crippen MR) is 110 cm³/mol. The maximum atomic E-state index is 12.8. The molecule has 0 unspecified atom stereocenters. The molecular weight excluding hydrogens is 394 g/mol. The molecule has 0 atom stereocenters. The first-order chi connectivity index (χ1) is 13.9. The van der Waals surface area contributed by atoms with Crippen LogP contribution in [0.2, 0.25) is 0 Å². The number of rotatable bonds is 7. The number of ether oxygens (including phenoxy) is 2. The van der Waals surface area contributed by atoms with E-state index in [-0.39, 0.29) is 5.24 Å². The molecule has 0 spiro atoms. The Morgan fingerprint density at radius 1 is 1.14 bits per heavy atom. The number of benzene rings is 2. The van der Waals surface area contributed by atoms with Crippen LogP contribution in [-0.2, 0) is 9.59 Å². The molecule has 8 heteroatoms. The van der Waals surface area contributed by atoms with Gasteiger partial charge in [0.2, 0.25) is 0 Å². The van der Waals surface area contributed by atoms with Gasteiger partial charge < -0.3 is 14.6 Å². The van der Waals surface area contributed by atoms with Crippen molar-refractivity contribution in [2.45, 2.75) is 13.8 Å². The molecule has 29 heavy (non-hydrogen) atoms. The number of carboxylic acid groups (broad SMARTS) is 1. The summed E-state index contributed by atoms with van der Waals surface area (Å²) in [6, 6.07) is 12.1. The molecule has 3 rings (SSSR count). The van der Waals surface area contributed by atoms with Crippen molar-refractivity contribution < 1.29 is 29.0 Å². The van der Waals surface area contributed by atoms with Crippen LogP contribution in [0.1, 0.15) is 18.1 Å². The monoisotopic (exact) mass is 413 g/mol. The highest BCUT2D eigenvalue weighted by molar-refractivity contribution is 8.19. The van der Waals surface area contributed by atoms with E-state index in [0.29, 0.717) is 34.3 Å². The fourth-order valence-electron chi connectivity index (χ4n) is 2.78. The lowest BCUT2D eigenvalue weighted by molar-refractivity contribution is -0.139. The Morgan fingerprint density at radius 2 is 1.90 bits per heavy atom. The molecule has 0 aromatic heterocycles. The number of amides is 2. The molecule has 2 amide bonds. The SMILES string of the molecule is CCOc1cc(/C=C2/SC(=O)N(c3ccccc3C)C2=O)ccc1OCC(=O)O. The van der Waals surface area contributed by atoms with Crippen LogP contribution in [-0.4, -0.2) is 35.4 Å². The molecule has 1 N–H and O–H groups in total. The fraction of sp³-hybridized carbons (Fsp3) is 0.190. The van der Waals surface area contributed by atoms with E-state index in [4.69, 9.17) is 14.6 Å². The van der Waals surface area contributed by atoms with E-state index < -0.39 is 18.5 Å². The van der Waals surface area contributed by atoms with E-state index in [0.717, 1.165) is 17.3 Å². The molecule has 1 fully saturated rings. The van der Waals surface area contributed by atoms with Gasteiger partial charge in [0.25, 0.3) is 11.1 Å². The van der Waals surface area contributed by atoms with Crippen molar-refractivity contribution in [2.75, 3.05) is 18.1 Å². The van der Waals surface area contributed by atoms with Gasteiger partial charge in [-0.05, 0) is 61.0 Å². The zero-order valence-electron chi connectivity index (χ0n) is 15.9. The minimum Gasteiger partial charge on any atom is -0.490 e. The van der Waals surface area contributed by atoms with Crippen LogP contribution in [0.15, 0.2) is 47.4 Å². The second-order valence-corrected chi connectivity index (χ2v) is 7.12. The molecule has 7 nitrogen and oxygen atoms in total. The third kappa shape index (κ3) is 4.60. The number of hydrogen-bond donors (Lipinski definition) is 1. The van der Waals surface area contributed by atoms with Gasteiger partial charge in [-0.25, -0.2) is 9.69 Å². The molecule has 0 radical (unpaired) electrons. The number of para-hydroxylation sites is 1. The first-order valence-corrected chi connectivity index (χ1v) is 9.67. The number of imide groups is 1. The summed E-state index contributed by atoms with van der Waals surface area (Å²) >= 11 is 0.867. The van der Waals surface area contributed by atoms with E-state index in [9.17, 15) is 14.4 Å². The largest absolute Gasteiger partial charge is 0.490 e. The van der Waals surface area contributed by atoms with Crippen LogP contribution in [0, 0.1) is 6.92 Å². The van der Waals surface area contributed by atoms with Crippen molar-refractivity contribution in [1.29, 1.82) is 0 Å². The Balaban J connectivity index is 1.89. The zero-order chi connectivity index (χ0) is 21.0. The van der Waals surface area contributed by atoms with Crippen molar-refractivity contribution in [1.82, 2.24) is 0 Å². The van der Waals surface area contributed by atoms with Gasteiger partial charge in [0.15, 0.2) is 18.1 Å². The molecule has 1 heterocycles. The van der Waals surface area contributed by atoms with Gasteiger partial charge in [0, 0.05) is 0 Å². The van der Waals surface area contributed by atoms with E-state index in [1.54, 1.807) is 43.3 Å². The number of carboxylic acids is 1. The summed E-state index contributed by atoms with van der Waals surface area (Å²) in [6.45, 7) is 3.50. The second-order valence-electron chi connectivity index (χ2n) is 6.13. The maximum Gasteiger partial charge on any atom is 0.341 e. The Labute approximate surface area is 171 Å². The molecule has 1 saturated heterocycles. The lowest BCUT2D eigenvalue weighted by atomic mass is 10.1. The van der Waals surface area contributed by atoms with Crippen molar-refractivity contribution in [3.8, 4) is 11.5 Å². The number of aryl methyl sites for hydroxylation is 1. The molecule has 0 bridgehead atoms. The van der Waals surface area contributed by atoms with E-state index in [1.807, 2.05) is 19.1 Å². The summed E-state index contributed by atoms with van der Waals surface area (Å²) < 4.78 is 10.7. The predicted octanol–water partition coefficient (Wildman–Crippen LogP) is 4.10. The Bertz CT molecular complexity index is 1000. The van der Waals surface area contributed by atoms with Gasteiger partial charge in [-0.3, -0.25) is 9.59 Å². The van der Waals surface area contributed by atoms with Crippen LogP contribution >= 0.6 is 11.8 Å². The average molecular weight is 413 g/mol. The van der Waals surface area contributed by atoms with Crippen LogP contribution in [0.25, 0.3) is 6.08 Å². The molecule has 150 valence electrons. The number of anilines is 1. The standard InChI is InChI=1S/C21H19NO6S/c1-3-27-17-10-14(8-9-16(17)28-12-19(23)24)11-18-20(25)22(21(26)29-18)15-7-5-4-6-13(15)2/h4-11H,3,12H2,1-2H3,(H,23,24)/b18-11+. The lowest BCUT2D eigenvalue weighted by Gasteiger charge is -2.14. The second kappa shape index (κ2) is 8.83. The van der Waals surface area contributed by atoms with Crippen LogP contribution in [0.4, 0.5) is 10.5 Å². The van der Waals surface area contributed by atoms with Crippen molar-refractivity contribution >= 4 is 40.6 Å². The van der Waals surface area contributed by atoms with E-state index >= 15 is 0 Å². The van der Waals surface area contributed by atoms with Crippen LogP contribution in [0.3, 0.4) is 0 Å². The Hall–Kier alpha value is -3.26. The number of carbonyl (C=O) groups excluding carboxylic acids is 2. The lowest BCUT2D eigenvalue weighted by Crippen LogP contribution is -2.28. The van der Waals surface area contributed by atoms with Crippen molar-refractivity contribution in [2.24, 2.45) is 0 Å². The van der Waals surface area contributed by atoms with Gasteiger partial charge in [0.1, 0.15) is 0 Å². The number of nitrogens with zero attached hydrogens (tertiary/aromatic N) is 1. The smallest absolute Gasteiger partial charge is 0.341 e. The topological polar surface area (TPSA) is 93.1 Å². The summed E-state index contributed by atoms with van der Waals surface area (Å²) in [5, 5.41) is 8.42. The molecular formula is C21H19NO6S. The minimum atomic E-state index is -1.10. The quantitative estimate of drug-likeness (QED) is 0.683. The van der Waals surface area contributed by atoms with Gasteiger partial charge in [-0.2, -0.15) is 0 Å². The maximum absolute atomic E-state index is 12.8. The van der Waals surface area contributed by atoms with Crippen LogP contribution in [0.5, 0.6) is 11.5 Å². The molecule has 1 aliphatic rings. The average Bonchev–Trinajstić information content (AvgIpc) is 2.95. The molecule has 1 aliphatic heterocycles. The number of hydrogen-bond acceptors (Lipinski definition) is 6. The molecule has 2 aromatic carbocycles. The molecule has 0 saturated carbocycles. The first-order valence-electron chi connectivity index (χ1n) is 8.85. The normalized spacial score (nSPS) is 15.1. The highest BCUT2D eigenvalue weighted by Crippen LogP contribution is 2.38. The Kier molecular flexibility index (Phi) is 6.23. The van der Waals surface area contributed by atoms with Crippen molar-refractivity contribution in [3.63, 3.8) is 0 Å². The van der Waals surface area contributed by atoms with Gasteiger partial charge in [-0.15, -0.1) is 0 Å². The third-order valence-electron chi connectivity index (χ3n) is 4.07.